The zero-order valence-corrected chi connectivity index (χ0v) is 30.7. The van der Waals surface area contributed by atoms with Gasteiger partial charge >= 0.3 is 12.2 Å². The summed E-state index contributed by atoms with van der Waals surface area (Å²) in [6.07, 6.45) is 1.35. The van der Waals surface area contributed by atoms with E-state index in [0.29, 0.717) is 41.2 Å². The third-order valence-corrected chi connectivity index (χ3v) is 12.1. The largest absolute Gasteiger partial charge is 0.509 e. The quantitative estimate of drug-likeness (QED) is 0.0465. The van der Waals surface area contributed by atoms with Crippen molar-refractivity contribution in [2.45, 2.75) is 49.7 Å². The lowest BCUT2D eigenvalue weighted by atomic mass is 9.71. The smallest absolute Gasteiger partial charge is 0.448 e. The fourth-order valence-corrected chi connectivity index (χ4v) is 8.51. The Hall–Kier alpha value is -4.02. The van der Waals surface area contributed by atoms with Crippen molar-refractivity contribution < 1.29 is 42.1 Å². The van der Waals surface area contributed by atoms with E-state index in [1.165, 1.54) is 52.8 Å². The van der Waals surface area contributed by atoms with Crippen LogP contribution in [0, 0.1) is 5.92 Å². The number of ether oxygens (including phenoxy) is 3. The van der Waals surface area contributed by atoms with Crippen LogP contribution in [0.3, 0.4) is 0 Å². The summed E-state index contributed by atoms with van der Waals surface area (Å²) in [6.45, 7) is 1.63. The first-order valence-corrected chi connectivity index (χ1v) is 20.3. The van der Waals surface area contributed by atoms with Crippen molar-refractivity contribution in [2.24, 2.45) is 17.4 Å². The van der Waals surface area contributed by atoms with Crippen LogP contribution in [0.15, 0.2) is 83.8 Å². The Kier molecular flexibility index (Phi) is 14.8. The molecule has 0 aliphatic heterocycles. The molecule has 0 heterocycles. The number of amides is 1. The van der Waals surface area contributed by atoms with Gasteiger partial charge in [0.1, 0.15) is 18.8 Å². The summed E-state index contributed by atoms with van der Waals surface area (Å²) in [7, 11) is -1.49. The predicted molar refractivity (Wildman–Crippen MR) is 199 cm³/mol. The van der Waals surface area contributed by atoms with Crippen LogP contribution in [-0.4, -0.2) is 62.8 Å². The number of allylic oxidation sites excluding steroid dienone is 1. The summed E-state index contributed by atoms with van der Waals surface area (Å²) in [5, 5.41) is 9.63. The Morgan fingerprint density at radius 3 is 2.25 bits per heavy atom. The average molecular weight is 758 g/mol. The molecule has 0 aromatic heterocycles. The molecule has 1 fully saturated rings. The van der Waals surface area contributed by atoms with E-state index in [-0.39, 0.29) is 42.1 Å². The first-order chi connectivity index (χ1) is 24.5. The van der Waals surface area contributed by atoms with E-state index in [1.54, 1.807) is 30.3 Å². The molecule has 0 unspecified atom stereocenters. The molecule has 2 atom stereocenters. The Balaban J connectivity index is 1.18. The molecule has 6 N–H and O–H groups in total. The number of carbonyl (C=O) groups is 3. The number of sulfonamides is 1. The van der Waals surface area contributed by atoms with Gasteiger partial charge in [-0.2, -0.15) is 0 Å². The maximum Gasteiger partial charge on any atom is 0.509 e. The highest BCUT2D eigenvalue weighted by Gasteiger charge is 2.45. The second-order valence-electron chi connectivity index (χ2n) is 11.7. The van der Waals surface area contributed by atoms with Crippen molar-refractivity contribution in [1.82, 2.24) is 4.72 Å². The number of Topliss-reactive ketones (excluding diaryl/α,β-unsaturated/α-hetero) is 1. The van der Waals surface area contributed by atoms with E-state index < -0.39 is 27.9 Å². The maximum absolute atomic E-state index is 12.8. The molecule has 0 saturated heterocycles. The van der Waals surface area contributed by atoms with Crippen LogP contribution >= 0.6 is 21.6 Å². The zero-order chi connectivity index (χ0) is 36.9. The van der Waals surface area contributed by atoms with Crippen LogP contribution in [0.4, 0.5) is 9.59 Å². The van der Waals surface area contributed by atoms with Crippen LogP contribution in [0.25, 0.3) is 11.3 Å². The van der Waals surface area contributed by atoms with Gasteiger partial charge in [-0.1, -0.05) is 88.7 Å². The van der Waals surface area contributed by atoms with E-state index in [1.807, 2.05) is 29.0 Å². The standard InChI is InChI=1S/C36H43N3O9S3/c1-25(41)32(27-9-3-2-4-10-27)33(38)28-13-15-31(16-14-28)51(44,45)39-34(42)46-18-20-49-50-21-19-47-35(43)48-36(17-6-5-11-30(36)23-37)29-12-7-8-26(22-29)24-40/h2-4,7-10,12-16,22,30,40H,5-6,11,17-21,23-24,37-38H2,1H3,(H,39,42)/b33-32+/t30-,36+/m1/s1. The normalized spacial score (nSPS) is 17.9. The fraction of sp³-hybridized carbons (Fsp3) is 0.361. The molecule has 1 saturated carbocycles. The number of hydrogen-bond donors (Lipinski definition) is 4. The summed E-state index contributed by atoms with van der Waals surface area (Å²) in [4.78, 5) is 37.2. The number of carbonyl (C=O) groups excluding carboxylic acids is 3. The Morgan fingerprint density at radius 1 is 0.922 bits per heavy atom. The van der Waals surface area contributed by atoms with E-state index in [0.717, 1.165) is 30.4 Å². The number of ketones is 1. The first kappa shape index (κ1) is 39.8. The molecule has 274 valence electrons. The molecule has 0 bridgehead atoms. The lowest BCUT2D eigenvalue weighted by Crippen LogP contribution is -2.45. The molecular weight excluding hydrogens is 715 g/mol. The van der Waals surface area contributed by atoms with Crippen molar-refractivity contribution in [3.63, 3.8) is 0 Å². The molecule has 3 aromatic carbocycles. The van der Waals surface area contributed by atoms with Gasteiger partial charge in [-0.25, -0.2) is 22.7 Å². The Morgan fingerprint density at radius 2 is 1.61 bits per heavy atom. The van der Waals surface area contributed by atoms with Crippen LogP contribution in [0.2, 0.25) is 0 Å². The van der Waals surface area contributed by atoms with E-state index in [9.17, 15) is 27.9 Å². The van der Waals surface area contributed by atoms with Gasteiger partial charge in [0, 0.05) is 23.0 Å². The molecule has 51 heavy (non-hydrogen) atoms. The van der Waals surface area contributed by atoms with Crippen molar-refractivity contribution in [1.29, 1.82) is 0 Å². The minimum Gasteiger partial charge on any atom is -0.448 e. The lowest BCUT2D eigenvalue weighted by Gasteiger charge is -2.43. The van der Waals surface area contributed by atoms with Crippen molar-refractivity contribution >= 4 is 60.9 Å². The van der Waals surface area contributed by atoms with Crippen molar-refractivity contribution in [2.75, 3.05) is 31.3 Å². The molecule has 15 heteroatoms. The monoisotopic (exact) mass is 757 g/mol. The van der Waals surface area contributed by atoms with Crippen molar-refractivity contribution in [3.05, 3.63) is 101 Å². The molecule has 0 radical (unpaired) electrons. The highest BCUT2D eigenvalue weighted by atomic mass is 33.1. The number of hydrogen-bond acceptors (Lipinski definition) is 13. The number of nitrogens with two attached hydrogens (primary N) is 2. The molecule has 12 nitrogen and oxygen atoms in total. The van der Waals surface area contributed by atoms with Gasteiger partial charge < -0.3 is 30.8 Å². The third-order valence-electron chi connectivity index (χ3n) is 8.41. The van der Waals surface area contributed by atoms with E-state index in [4.69, 9.17) is 25.7 Å². The molecule has 0 spiro atoms. The molecule has 1 amide bonds. The third kappa shape index (κ3) is 10.7. The van der Waals surface area contributed by atoms with Gasteiger partial charge in [-0.15, -0.1) is 0 Å². The number of aliphatic hydroxyl groups is 1. The fourth-order valence-electron chi connectivity index (χ4n) is 5.96. The predicted octanol–water partition coefficient (Wildman–Crippen LogP) is 5.59. The SMILES string of the molecule is CC(=O)/C(=C(\N)c1ccc(S(=O)(=O)NC(=O)OCCSSCCOC(=O)O[C@]2(c3cccc(CO)c3)CCCC[C@@H]2CN)cc1)c1ccccc1. The minimum atomic E-state index is -4.23. The first-order valence-electron chi connectivity index (χ1n) is 16.4. The molecule has 4 rings (SSSR count). The van der Waals surface area contributed by atoms with Crippen LogP contribution in [0.5, 0.6) is 0 Å². The van der Waals surface area contributed by atoms with E-state index in [2.05, 4.69) is 0 Å². The number of benzene rings is 3. The van der Waals surface area contributed by atoms with Gasteiger partial charge in [0.2, 0.25) is 0 Å². The molecular formula is C36H43N3O9S3. The van der Waals surface area contributed by atoms with Gasteiger partial charge in [-0.3, -0.25) is 4.79 Å². The van der Waals surface area contributed by atoms with Crippen LogP contribution in [0.1, 0.15) is 54.9 Å². The van der Waals surface area contributed by atoms with Crippen LogP contribution in [-0.2, 0) is 41.2 Å². The van der Waals surface area contributed by atoms with E-state index >= 15 is 0 Å². The maximum atomic E-state index is 12.8. The van der Waals surface area contributed by atoms with Gasteiger partial charge in [0.25, 0.3) is 10.0 Å². The number of aliphatic hydroxyl groups excluding tert-OH is 1. The number of rotatable bonds is 16. The van der Waals surface area contributed by atoms with Gasteiger partial charge in [0.15, 0.2) is 5.78 Å². The summed E-state index contributed by atoms with van der Waals surface area (Å²) < 4.78 is 43.8. The summed E-state index contributed by atoms with van der Waals surface area (Å²) in [5.41, 5.74) is 14.6. The highest BCUT2D eigenvalue weighted by molar-refractivity contribution is 8.76. The highest BCUT2D eigenvalue weighted by Crippen LogP contribution is 2.45. The molecule has 1 aliphatic rings. The van der Waals surface area contributed by atoms with Crippen molar-refractivity contribution in [3.8, 4) is 0 Å². The van der Waals surface area contributed by atoms with Crippen LogP contribution < -0.4 is 16.2 Å². The molecule has 1 aliphatic carbocycles. The minimum absolute atomic E-state index is 0.0641. The Bertz CT molecular complexity index is 1790. The summed E-state index contributed by atoms with van der Waals surface area (Å²) >= 11 is 0. The Labute approximate surface area is 306 Å². The molecule has 3 aromatic rings. The van der Waals surface area contributed by atoms with Gasteiger partial charge in [-0.05, 0) is 73.2 Å². The summed E-state index contributed by atoms with van der Waals surface area (Å²) in [6, 6.07) is 21.8. The second-order valence-corrected chi connectivity index (χ2v) is 16.1. The zero-order valence-electron chi connectivity index (χ0n) is 28.2. The lowest BCUT2D eigenvalue weighted by molar-refractivity contribution is -0.111. The number of nitrogens with one attached hydrogen (secondary N) is 1. The second kappa shape index (κ2) is 19.0. The topological polar surface area (TPSA) is 197 Å². The average Bonchev–Trinajstić information content (AvgIpc) is 3.13. The summed E-state index contributed by atoms with van der Waals surface area (Å²) in [5.74, 6) is 0.463. The van der Waals surface area contributed by atoms with Gasteiger partial charge in [0.05, 0.1) is 17.2 Å².